The second-order valence-corrected chi connectivity index (χ2v) is 8.73. The van der Waals surface area contributed by atoms with Crippen molar-refractivity contribution in [1.29, 1.82) is 0 Å². The van der Waals surface area contributed by atoms with Gasteiger partial charge in [-0.15, -0.1) is 11.3 Å². The molecule has 1 aliphatic rings. The maximum atomic E-state index is 12.7. The first-order valence-electron chi connectivity index (χ1n) is 7.52. The number of benzene rings is 1. The number of nitrogens with zero attached hydrogens (tertiary/aromatic N) is 1. The molecule has 0 saturated heterocycles. The van der Waals surface area contributed by atoms with Crippen molar-refractivity contribution >= 4 is 60.8 Å². The summed E-state index contributed by atoms with van der Waals surface area (Å²) in [5.41, 5.74) is 2.07. The molecule has 0 unspecified atom stereocenters. The van der Waals surface area contributed by atoms with Crippen LogP contribution in [0.4, 0.5) is 5.69 Å². The molecule has 0 fully saturated rings. The molecule has 4 nitrogen and oxygen atoms in total. The largest absolute Gasteiger partial charge is 0.448 e. The van der Waals surface area contributed by atoms with Crippen LogP contribution in [0.15, 0.2) is 38.6 Å². The van der Waals surface area contributed by atoms with E-state index in [1.54, 1.807) is 17.9 Å². The molecule has 2 heterocycles. The first-order chi connectivity index (χ1) is 11.5. The molecule has 1 aromatic carbocycles. The molecule has 0 radical (unpaired) electrons. The number of thiophene rings is 1. The molecule has 1 amide bonds. The van der Waals surface area contributed by atoms with Crippen molar-refractivity contribution in [2.24, 2.45) is 0 Å². The van der Waals surface area contributed by atoms with Gasteiger partial charge in [-0.05, 0) is 69.3 Å². The smallest absolute Gasteiger partial charge is 0.349 e. The van der Waals surface area contributed by atoms with E-state index in [9.17, 15) is 9.59 Å². The minimum absolute atomic E-state index is 0.190. The summed E-state index contributed by atoms with van der Waals surface area (Å²) < 4.78 is 6.99. The molecule has 0 bridgehead atoms. The fourth-order valence-electron chi connectivity index (χ4n) is 2.70. The Morgan fingerprint density at radius 2 is 2.04 bits per heavy atom. The predicted octanol–water partition coefficient (Wildman–Crippen LogP) is 4.80. The summed E-state index contributed by atoms with van der Waals surface area (Å²) in [6, 6.07) is 9.55. The van der Waals surface area contributed by atoms with Gasteiger partial charge in [0.1, 0.15) is 4.88 Å². The van der Waals surface area contributed by atoms with E-state index in [1.807, 2.05) is 24.3 Å². The average Bonchev–Trinajstić information content (AvgIpc) is 2.93. The molecule has 7 heteroatoms. The number of amides is 1. The normalized spacial score (nSPS) is 14.9. The van der Waals surface area contributed by atoms with Crippen LogP contribution in [-0.4, -0.2) is 24.5 Å². The summed E-state index contributed by atoms with van der Waals surface area (Å²) >= 11 is 7.96. The van der Waals surface area contributed by atoms with Gasteiger partial charge in [-0.2, -0.15) is 0 Å². The fourth-order valence-corrected chi connectivity index (χ4v) is 4.62. The zero-order valence-electron chi connectivity index (χ0n) is 12.9. The lowest BCUT2D eigenvalue weighted by Crippen LogP contribution is -2.42. The number of carbonyl (C=O) groups excluding carboxylic acids is 2. The Kier molecular flexibility index (Phi) is 5.42. The lowest BCUT2D eigenvalue weighted by atomic mass is 10.0. The van der Waals surface area contributed by atoms with Crippen LogP contribution < -0.4 is 4.90 Å². The molecule has 1 aromatic heterocycles. The maximum absolute atomic E-state index is 12.7. The zero-order valence-corrected chi connectivity index (χ0v) is 16.9. The highest BCUT2D eigenvalue weighted by molar-refractivity contribution is 9.13. The number of carbonyl (C=O) groups is 2. The Hall–Kier alpha value is -1.18. The fraction of sp³-hybridized carbons (Fsp3) is 0.294. The highest BCUT2D eigenvalue weighted by Gasteiger charge is 2.29. The molecule has 0 aliphatic carbocycles. The Morgan fingerprint density at radius 3 is 2.75 bits per heavy atom. The zero-order chi connectivity index (χ0) is 17.3. The van der Waals surface area contributed by atoms with Crippen molar-refractivity contribution in [1.82, 2.24) is 0 Å². The van der Waals surface area contributed by atoms with Gasteiger partial charge in [0.05, 0.1) is 3.79 Å². The standard InChI is InChI=1S/C17H15Br2NO3S/c1-10(23-17(22)14-9-12(18)15(19)24-14)16(21)20-8-4-6-11-5-2-3-7-13(11)20/h2-3,5,7,9-10H,4,6,8H2,1H3/t10-/m0/s1. The van der Waals surface area contributed by atoms with Gasteiger partial charge in [0.2, 0.25) is 0 Å². The van der Waals surface area contributed by atoms with E-state index in [0.717, 1.165) is 32.4 Å². The van der Waals surface area contributed by atoms with Crippen LogP contribution in [0, 0.1) is 0 Å². The van der Waals surface area contributed by atoms with E-state index in [4.69, 9.17) is 4.74 Å². The number of halogens is 2. The molecule has 0 spiro atoms. The SMILES string of the molecule is C[C@H](OC(=O)c1cc(Br)c(Br)s1)C(=O)N1CCCc2ccccc21. The predicted molar refractivity (Wildman–Crippen MR) is 102 cm³/mol. The van der Waals surface area contributed by atoms with E-state index in [0.29, 0.717) is 11.4 Å². The van der Waals surface area contributed by atoms with Crippen molar-refractivity contribution in [3.8, 4) is 0 Å². The highest BCUT2D eigenvalue weighted by Crippen LogP contribution is 2.33. The minimum Gasteiger partial charge on any atom is -0.448 e. The molecule has 1 aliphatic heterocycles. The Balaban J connectivity index is 1.72. The summed E-state index contributed by atoms with van der Waals surface area (Å²) in [7, 11) is 0. The van der Waals surface area contributed by atoms with Gasteiger partial charge in [0, 0.05) is 16.7 Å². The molecule has 0 saturated carbocycles. The lowest BCUT2D eigenvalue weighted by molar-refractivity contribution is -0.126. The second-order valence-electron chi connectivity index (χ2n) is 5.50. The first kappa shape index (κ1) is 17.6. The summed E-state index contributed by atoms with van der Waals surface area (Å²) in [5.74, 6) is -0.678. The van der Waals surface area contributed by atoms with Crippen LogP contribution in [0.5, 0.6) is 0 Å². The molecule has 24 heavy (non-hydrogen) atoms. The number of anilines is 1. The monoisotopic (exact) mass is 471 g/mol. The summed E-state index contributed by atoms with van der Waals surface area (Å²) in [4.78, 5) is 27.1. The van der Waals surface area contributed by atoms with Crippen LogP contribution in [0.1, 0.15) is 28.6 Å². The third-order valence-corrected chi connectivity index (χ3v) is 7.09. The molecule has 1 atom stereocenters. The topological polar surface area (TPSA) is 46.6 Å². The van der Waals surface area contributed by atoms with Crippen LogP contribution in [0.2, 0.25) is 0 Å². The molecule has 3 rings (SSSR count). The van der Waals surface area contributed by atoms with E-state index in [-0.39, 0.29) is 5.91 Å². The number of fused-ring (bicyclic) bond motifs is 1. The van der Waals surface area contributed by atoms with Gasteiger partial charge in [-0.3, -0.25) is 4.79 Å². The van der Waals surface area contributed by atoms with Gasteiger partial charge < -0.3 is 9.64 Å². The van der Waals surface area contributed by atoms with Crippen LogP contribution in [0.3, 0.4) is 0 Å². The number of rotatable bonds is 3. The quantitative estimate of drug-likeness (QED) is 0.603. The molecule has 2 aromatic rings. The van der Waals surface area contributed by atoms with Gasteiger partial charge in [-0.25, -0.2) is 4.79 Å². The van der Waals surface area contributed by atoms with E-state index < -0.39 is 12.1 Å². The minimum atomic E-state index is -0.830. The lowest BCUT2D eigenvalue weighted by Gasteiger charge is -2.31. The van der Waals surface area contributed by atoms with Gasteiger partial charge in [-0.1, -0.05) is 18.2 Å². The van der Waals surface area contributed by atoms with Crippen molar-refractivity contribution in [3.63, 3.8) is 0 Å². The molecule has 126 valence electrons. The Morgan fingerprint density at radius 1 is 1.29 bits per heavy atom. The van der Waals surface area contributed by atoms with Crippen LogP contribution in [0.25, 0.3) is 0 Å². The molecule has 0 N–H and O–H groups in total. The maximum Gasteiger partial charge on any atom is 0.349 e. The second kappa shape index (κ2) is 7.37. The van der Waals surface area contributed by atoms with Crippen molar-refractivity contribution < 1.29 is 14.3 Å². The number of ether oxygens (including phenoxy) is 1. The van der Waals surface area contributed by atoms with Crippen molar-refractivity contribution in [2.75, 3.05) is 11.4 Å². The third-order valence-electron chi connectivity index (χ3n) is 3.85. The summed E-state index contributed by atoms with van der Waals surface area (Å²) in [5, 5.41) is 0. The van der Waals surface area contributed by atoms with Crippen LogP contribution in [-0.2, 0) is 16.0 Å². The third kappa shape index (κ3) is 3.58. The number of hydrogen-bond donors (Lipinski definition) is 0. The van der Waals surface area contributed by atoms with Gasteiger partial charge in [0.25, 0.3) is 5.91 Å². The van der Waals surface area contributed by atoms with E-state index in [1.165, 1.54) is 11.3 Å². The number of aryl methyl sites for hydroxylation is 1. The van der Waals surface area contributed by atoms with Gasteiger partial charge >= 0.3 is 5.97 Å². The summed E-state index contributed by atoms with van der Waals surface area (Å²) in [6.45, 7) is 2.27. The number of hydrogen-bond acceptors (Lipinski definition) is 4. The van der Waals surface area contributed by atoms with Crippen molar-refractivity contribution in [2.45, 2.75) is 25.9 Å². The van der Waals surface area contributed by atoms with E-state index in [2.05, 4.69) is 31.9 Å². The number of para-hydroxylation sites is 1. The van der Waals surface area contributed by atoms with E-state index >= 15 is 0 Å². The van der Waals surface area contributed by atoms with Gasteiger partial charge in [0.15, 0.2) is 6.10 Å². The molecular formula is C17H15Br2NO3S. The van der Waals surface area contributed by atoms with Crippen LogP contribution >= 0.6 is 43.2 Å². The number of esters is 1. The average molecular weight is 473 g/mol. The highest BCUT2D eigenvalue weighted by atomic mass is 79.9. The van der Waals surface area contributed by atoms with Crippen molar-refractivity contribution in [3.05, 3.63) is 49.0 Å². The molecular weight excluding hydrogens is 458 g/mol. The first-order valence-corrected chi connectivity index (χ1v) is 9.92. The Bertz CT molecular complexity index is 770. The summed E-state index contributed by atoms with van der Waals surface area (Å²) in [6.07, 6.45) is 1.04. The Labute approximate surface area is 161 Å².